The fourth-order valence-corrected chi connectivity index (χ4v) is 3.01. The second-order valence-electron chi connectivity index (χ2n) is 6.31. The van der Waals surface area contributed by atoms with E-state index in [0.29, 0.717) is 18.4 Å². The fourth-order valence-electron chi connectivity index (χ4n) is 3.01. The van der Waals surface area contributed by atoms with E-state index in [9.17, 15) is 4.79 Å². The van der Waals surface area contributed by atoms with E-state index in [0.717, 1.165) is 19.4 Å². The first kappa shape index (κ1) is 15.5. The lowest BCUT2D eigenvalue weighted by Gasteiger charge is -2.33. The van der Waals surface area contributed by atoms with Crippen LogP contribution < -0.4 is 5.32 Å². The van der Waals surface area contributed by atoms with Gasteiger partial charge in [-0.1, -0.05) is 27.2 Å². The van der Waals surface area contributed by atoms with Gasteiger partial charge in [-0.15, -0.1) is 0 Å². The van der Waals surface area contributed by atoms with Crippen LogP contribution in [0.3, 0.4) is 0 Å². The predicted molar refractivity (Wildman–Crippen MR) is 74.5 cm³/mol. The molecule has 106 valence electrons. The zero-order valence-electron chi connectivity index (χ0n) is 12.5. The highest BCUT2D eigenvalue weighted by Crippen LogP contribution is 2.39. The summed E-state index contributed by atoms with van der Waals surface area (Å²) in [5.74, 6) is -0.0573. The van der Waals surface area contributed by atoms with Crippen LogP contribution in [0.2, 0.25) is 0 Å². The summed E-state index contributed by atoms with van der Waals surface area (Å²) in [5, 5.41) is 3.56. The van der Waals surface area contributed by atoms with Gasteiger partial charge >= 0.3 is 5.97 Å². The Kier molecular flexibility index (Phi) is 5.64. The van der Waals surface area contributed by atoms with Gasteiger partial charge in [0.25, 0.3) is 0 Å². The van der Waals surface area contributed by atoms with Crippen molar-refractivity contribution < 1.29 is 9.53 Å². The number of esters is 1. The van der Waals surface area contributed by atoms with Crippen LogP contribution in [0.1, 0.15) is 66.2 Å². The number of carbonyl (C=O) groups is 1. The van der Waals surface area contributed by atoms with E-state index >= 15 is 0 Å². The molecule has 0 aromatic carbocycles. The molecule has 1 aliphatic carbocycles. The third kappa shape index (κ3) is 4.60. The molecule has 0 spiro atoms. The molecule has 3 heteroatoms. The van der Waals surface area contributed by atoms with Crippen molar-refractivity contribution in [1.29, 1.82) is 0 Å². The largest absolute Gasteiger partial charge is 0.466 e. The lowest BCUT2D eigenvalue weighted by atomic mass is 9.82. The van der Waals surface area contributed by atoms with Crippen molar-refractivity contribution in [3.8, 4) is 0 Å². The van der Waals surface area contributed by atoms with Crippen LogP contribution in [0, 0.1) is 5.41 Å². The number of nitrogens with one attached hydrogen (secondary N) is 1. The summed E-state index contributed by atoms with van der Waals surface area (Å²) in [6, 6.07) is 0. The average molecular weight is 255 g/mol. The Bertz CT molecular complexity index is 276. The number of carbonyl (C=O) groups excluding carboxylic acids is 1. The van der Waals surface area contributed by atoms with Gasteiger partial charge in [-0.2, -0.15) is 0 Å². The molecule has 1 unspecified atom stereocenters. The van der Waals surface area contributed by atoms with E-state index in [-0.39, 0.29) is 11.5 Å². The van der Waals surface area contributed by atoms with Crippen LogP contribution in [0.4, 0.5) is 0 Å². The number of hydrogen-bond donors (Lipinski definition) is 1. The molecule has 0 aliphatic heterocycles. The van der Waals surface area contributed by atoms with Crippen LogP contribution in [-0.4, -0.2) is 24.7 Å². The Morgan fingerprint density at radius 2 is 1.89 bits per heavy atom. The molecule has 0 heterocycles. The average Bonchev–Trinajstić information content (AvgIpc) is 2.40. The Hall–Kier alpha value is -0.570. The summed E-state index contributed by atoms with van der Waals surface area (Å²) in [5.41, 5.74) is 0.376. The monoisotopic (exact) mass is 255 g/mol. The van der Waals surface area contributed by atoms with Gasteiger partial charge in [0.05, 0.1) is 13.0 Å². The summed E-state index contributed by atoms with van der Waals surface area (Å²) < 4.78 is 5.13. The minimum absolute atomic E-state index is 0.0330. The quantitative estimate of drug-likeness (QED) is 0.605. The molecule has 18 heavy (non-hydrogen) atoms. The summed E-state index contributed by atoms with van der Waals surface area (Å²) in [6.07, 6.45) is 6.31. The molecule has 0 saturated heterocycles. The molecular weight excluding hydrogens is 226 g/mol. The van der Waals surface area contributed by atoms with Gasteiger partial charge in [-0.3, -0.25) is 4.79 Å². The summed E-state index contributed by atoms with van der Waals surface area (Å²) in [6.45, 7) is 10.0. The molecular formula is C15H29NO2. The highest BCUT2D eigenvalue weighted by molar-refractivity contribution is 5.70. The smallest absolute Gasteiger partial charge is 0.307 e. The molecule has 1 rings (SSSR count). The first-order valence-electron chi connectivity index (χ1n) is 7.34. The molecule has 1 atom stereocenters. The Morgan fingerprint density at radius 1 is 1.17 bits per heavy atom. The van der Waals surface area contributed by atoms with Crippen LogP contribution in [0.15, 0.2) is 0 Å². The maximum atomic E-state index is 11.8. The van der Waals surface area contributed by atoms with E-state index < -0.39 is 0 Å². The Labute approximate surface area is 112 Å². The summed E-state index contributed by atoms with van der Waals surface area (Å²) in [7, 11) is 0. The molecule has 1 saturated carbocycles. The molecule has 1 N–H and O–H groups in total. The summed E-state index contributed by atoms with van der Waals surface area (Å²) in [4.78, 5) is 11.8. The Balaban J connectivity index is 2.70. The van der Waals surface area contributed by atoms with Crippen LogP contribution in [0.5, 0.6) is 0 Å². The number of ether oxygens (including phenoxy) is 1. The first-order valence-corrected chi connectivity index (χ1v) is 7.34. The van der Waals surface area contributed by atoms with Gasteiger partial charge in [0.15, 0.2) is 0 Å². The second kappa shape index (κ2) is 6.55. The van der Waals surface area contributed by atoms with Crippen molar-refractivity contribution >= 4 is 5.97 Å². The van der Waals surface area contributed by atoms with Crippen molar-refractivity contribution in [2.75, 3.05) is 13.2 Å². The molecule has 0 radical (unpaired) electrons. The normalized spacial score (nSPS) is 27.6. The molecule has 3 nitrogen and oxygen atoms in total. The van der Waals surface area contributed by atoms with Gasteiger partial charge in [0, 0.05) is 5.54 Å². The molecule has 0 bridgehead atoms. The van der Waals surface area contributed by atoms with Crippen molar-refractivity contribution in [3.05, 3.63) is 0 Å². The van der Waals surface area contributed by atoms with Gasteiger partial charge in [-0.25, -0.2) is 0 Å². The van der Waals surface area contributed by atoms with E-state index in [4.69, 9.17) is 4.74 Å². The van der Waals surface area contributed by atoms with Gasteiger partial charge in [0.2, 0.25) is 0 Å². The van der Waals surface area contributed by atoms with Crippen molar-refractivity contribution in [1.82, 2.24) is 5.32 Å². The maximum Gasteiger partial charge on any atom is 0.307 e. The number of rotatable bonds is 5. The maximum absolute atomic E-state index is 11.8. The van der Waals surface area contributed by atoms with E-state index in [1.807, 2.05) is 6.92 Å². The molecule has 0 aromatic heterocycles. The third-order valence-electron chi connectivity index (χ3n) is 4.13. The van der Waals surface area contributed by atoms with Crippen LogP contribution in [-0.2, 0) is 9.53 Å². The lowest BCUT2D eigenvalue weighted by Crippen LogP contribution is -2.47. The highest BCUT2D eigenvalue weighted by atomic mass is 16.5. The van der Waals surface area contributed by atoms with Gasteiger partial charge in [-0.05, 0) is 44.6 Å². The molecule has 1 fully saturated rings. The SMILES string of the molecule is CCNC1(CC(=O)OCC)CCCC(C)(C)CC1. The van der Waals surface area contributed by atoms with Crippen molar-refractivity contribution in [3.63, 3.8) is 0 Å². The van der Waals surface area contributed by atoms with Crippen molar-refractivity contribution in [2.45, 2.75) is 71.8 Å². The molecule has 0 amide bonds. The van der Waals surface area contributed by atoms with E-state index in [2.05, 4.69) is 26.1 Å². The minimum atomic E-state index is -0.0573. The Morgan fingerprint density at radius 3 is 2.50 bits per heavy atom. The van der Waals surface area contributed by atoms with Crippen LogP contribution in [0.25, 0.3) is 0 Å². The van der Waals surface area contributed by atoms with E-state index in [1.54, 1.807) is 0 Å². The predicted octanol–water partition coefficient (Wildman–Crippen LogP) is 3.28. The second-order valence-corrected chi connectivity index (χ2v) is 6.31. The zero-order valence-corrected chi connectivity index (χ0v) is 12.5. The van der Waals surface area contributed by atoms with Crippen LogP contribution >= 0.6 is 0 Å². The van der Waals surface area contributed by atoms with Gasteiger partial charge in [0.1, 0.15) is 0 Å². The first-order chi connectivity index (χ1) is 8.43. The third-order valence-corrected chi connectivity index (χ3v) is 4.13. The topological polar surface area (TPSA) is 38.3 Å². The summed E-state index contributed by atoms with van der Waals surface area (Å²) >= 11 is 0. The highest BCUT2D eigenvalue weighted by Gasteiger charge is 2.36. The van der Waals surface area contributed by atoms with Gasteiger partial charge < -0.3 is 10.1 Å². The number of hydrogen-bond acceptors (Lipinski definition) is 3. The minimum Gasteiger partial charge on any atom is -0.466 e. The van der Waals surface area contributed by atoms with E-state index in [1.165, 1.54) is 19.3 Å². The molecule has 0 aromatic rings. The van der Waals surface area contributed by atoms with Crippen molar-refractivity contribution in [2.24, 2.45) is 5.41 Å². The molecule has 1 aliphatic rings. The lowest BCUT2D eigenvalue weighted by molar-refractivity contribution is -0.145. The fraction of sp³-hybridized carbons (Fsp3) is 0.933. The standard InChI is InChI=1S/C15H29NO2/c1-5-16-15(12-13(17)18-6-2)9-7-8-14(3,4)10-11-15/h16H,5-12H2,1-4H3. The zero-order chi connectivity index (χ0) is 13.6.